The molecule has 0 aliphatic carbocycles. The molecule has 18 heavy (non-hydrogen) atoms. The molecule has 0 saturated heterocycles. The zero-order valence-electron chi connectivity index (χ0n) is 11.9. The molecular formula is C16H24OSi. The Morgan fingerprint density at radius 1 is 1.11 bits per heavy atom. The summed E-state index contributed by atoms with van der Waals surface area (Å²) in [4.78, 5) is 10.8. The van der Waals surface area contributed by atoms with Crippen molar-refractivity contribution in [3.8, 4) is 0 Å². The summed E-state index contributed by atoms with van der Waals surface area (Å²) in [6.45, 7) is 8.73. The average Bonchev–Trinajstić information content (AvgIpc) is 2.36. The Balaban J connectivity index is 2.58. The lowest BCUT2D eigenvalue weighted by molar-refractivity contribution is -0.114. The number of carbonyl (C=O) groups is 1. The molecule has 0 aromatic heterocycles. The van der Waals surface area contributed by atoms with Gasteiger partial charge in [-0.3, -0.25) is 0 Å². The first-order valence-electron chi connectivity index (χ1n) is 6.54. The predicted molar refractivity (Wildman–Crippen MR) is 82.0 cm³/mol. The first kappa shape index (κ1) is 14.9. The Hall–Kier alpha value is -1.15. The summed E-state index contributed by atoms with van der Waals surface area (Å²) in [5.41, 5.74) is -0.227. The molecule has 0 N–H and O–H groups in total. The lowest BCUT2D eigenvalue weighted by Gasteiger charge is -2.21. The minimum Gasteiger partial charge on any atom is -0.303 e. The highest BCUT2D eigenvalue weighted by molar-refractivity contribution is 6.90. The smallest absolute Gasteiger partial charge is 0.125 e. The fraction of sp³-hybridized carbons (Fsp3) is 0.438. The van der Waals surface area contributed by atoms with Gasteiger partial charge < -0.3 is 4.79 Å². The van der Waals surface area contributed by atoms with E-state index in [2.05, 4.69) is 55.6 Å². The summed E-state index contributed by atoms with van der Waals surface area (Å²) in [5.74, 6) is 0. The van der Waals surface area contributed by atoms with Gasteiger partial charge in [-0.15, -0.1) is 0 Å². The van der Waals surface area contributed by atoms with Crippen molar-refractivity contribution in [2.24, 2.45) is 5.41 Å². The summed E-state index contributed by atoms with van der Waals surface area (Å²) in [6.07, 6.45) is 6.28. The van der Waals surface area contributed by atoms with Crippen LogP contribution in [-0.4, -0.2) is 14.4 Å². The van der Waals surface area contributed by atoms with Crippen molar-refractivity contribution in [2.45, 2.75) is 39.4 Å². The fourth-order valence-electron chi connectivity index (χ4n) is 1.82. The van der Waals surface area contributed by atoms with Gasteiger partial charge in [-0.05, 0) is 12.5 Å². The minimum atomic E-state index is -1.36. The normalized spacial score (nSPS) is 12.9. The van der Waals surface area contributed by atoms with Gasteiger partial charge >= 0.3 is 0 Å². The quantitative estimate of drug-likeness (QED) is 0.432. The Bertz CT molecular complexity index is 404. The van der Waals surface area contributed by atoms with Gasteiger partial charge in [0.15, 0.2) is 0 Å². The Morgan fingerprint density at radius 3 is 2.28 bits per heavy atom. The van der Waals surface area contributed by atoms with Gasteiger partial charge in [0.2, 0.25) is 0 Å². The molecule has 0 unspecified atom stereocenters. The third kappa shape index (κ3) is 4.61. The molecule has 0 spiro atoms. The number of carbonyl (C=O) groups excluding carboxylic acids is 1. The summed E-state index contributed by atoms with van der Waals surface area (Å²) >= 11 is 0. The van der Waals surface area contributed by atoms with Crippen LogP contribution < -0.4 is 5.19 Å². The molecule has 0 aliphatic heterocycles. The highest BCUT2D eigenvalue weighted by Gasteiger charge is 2.21. The van der Waals surface area contributed by atoms with Crippen molar-refractivity contribution < 1.29 is 4.79 Å². The van der Waals surface area contributed by atoms with Crippen LogP contribution in [0.2, 0.25) is 19.1 Å². The maximum Gasteiger partial charge on any atom is 0.125 e. The molecule has 0 heterocycles. The molecule has 2 heteroatoms. The summed E-state index contributed by atoms with van der Waals surface area (Å²) in [7, 11) is -1.36. The van der Waals surface area contributed by atoms with E-state index in [0.717, 1.165) is 18.8 Å². The lowest BCUT2D eigenvalue weighted by atomic mass is 9.91. The molecule has 1 aromatic carbocycles. The zero-order valence-corrected chi connectivity index (χ0v) is 12.9. The van der Waals surface area contributed by atoms with Gasteiger partial charge in [0.05, 0.1) is 8.07 Å². The highest BCUT2D eigenvalue weighted by Crippen LogP contribution is 2.18. The third-order valence-electron chi connectivity index (χ3n) is 3.31. The largest absolute Gasteiger partial charge is 0.303 e. The monoisotopic (exact) mass is 260 g/mol. The van der Waals surface area contributed by atoms with E-state index in [0.29, 0.717) is 0 Å². The van der Waals surface area contributed by atoms with Crippen LogP contribution in [0.3, 0.4) is 0 Å². The van der Waals surface area contributed by atoms with Gasteiger partial charge in [0.1, 0.15) is 6.29 Å². The van der Waals surface area contributed by atoms with Crippen LogP contribution in [0.25, 0.3) is 0 Å². The maximum atomic E-state index is 10.8. The molecule has 0 bridgehead atoms. The molecule has 98 valence electrons. The van der Waals surface area contributed by atoms with Crippen molar-refractivity contribution in [3.05, 3.63) is 42.5 Å². The molecule has 1 aromatic rings. The number of hydrogen-bond acceptors (Lipinski definition) is 1. The van der Waals surface area contributed by atoms with Crippen LogP contribution in [0.15, 0.2) is 42.5 Å². The van der Waals surface area contributed by atoms with E-state index in [4.69, 9.17) is 0 Å². The van der Waals surface area contributed by atoms with Crippen molar-refractivity contribution in [3.63, 3.8) is 0 Å². The Kier molecular flexibility index (Phi) is 5.09. The molecule has 0 radical (unpaired) electrons. The minimum absolute atomic E-state index is 0.227. The van der Waals surface area contributed by atoms with Crippen molar-refractivity contribution in [1.82, 2.24) is 0 Å². The molecular weight excluding hydrogens is 236 g/mol. The average molecular weight is 260 g/mol. The first-order valence-corrected chi connectivity index (χ1v) is 9.75. The topological polar surface area (TPSA) is 17.1 Å². The van der Waals surface area contributed by atoms with Gasteiger partial charge in [-0.1, -0.05) is 74.6 Å². The summed E-state index contributed by atoms with van der Waals surface area (Å²) in [5, 5.41) is 1.49. The van der Waals surface area contributed by atoms with Crippen molar-refractivity contribution >= 4 is 19.5 Å². The molecule has 0 atom stereocenters. The van der Waals surface area contributed by atoms with E-state index in [1.54, 1.807) is 0 Å². The zero-order chi connectivity index (χ0) is 13.6. The SMILES string of the molecule is CC(C)(C=O)C/C=C/C[Si](C)(C)c1ccccc1. The van der Waals surface area contributed by atoms with Crippen LogP contribution in [0.1, 0.15) is 20.3 Å². The summed E-state index contributed by atoms with van der Waals surface area (Å²) in [6, 6.07) is 11.9. The lowest BCUT2D eigenvalue weighted by Crippen LogP contribution is -2.40. The van der Waals surface area contributed by atoms with E-state index in [-0.39, 0.29) is 5.41 Å². The molecule has 0 saturated carbocycles. The Labute approximate surface area is 112 Å². The second-order valence-corrected chi connectivity index (χ2v) is 11.0. The highest BCUT2D eigenvalue weighted by atomic mass is 28.3. The fourth-order valence-corrected chi connectivity index (χ4v) is 3.91. The van der Waals surface area contributed by atoms with Crippen LogP contribution in [0.4, 0.5) is 0 Å². The van der Waals surface area contributed by atoms with E-state index < -0.39 is 8.07 Å². The number of aldehydes is 1. The van der Waals surface area contributed by atoms with Gasteiger partial charge in [-0.2, -0.15) is 0 Å². The molecule has 0 fully saturated rings. The number of rotatable bonds is 6. The maximum absolute atomic E-state index is 10.8. The summed E-state index contributed by atoms with van der Waals surface area (Å²) < 4.78 is 0. The number of hydrogen-bond donors (Lipinski definition) is 0. The van der Waals surface area contributed by atoms with Crippen LogP contribution in [0.5, 0.6) is 0 Å². The van der Waals surface area contributed by atoms with Crippen LogP contribution in [-0.2, 0) is 4.79 Å². The van der Waals surface area contributed by atoms with E-state index in [1.807, 2.05) is 13.8 Å². The van der Waals surface area contributed by atoms with Gasteiger partial charge in [0.25, 0.3) is 0 Å². The van der Waals surface area contributed by atoms with E-state index >= 15 is 0 Å². The molecule has 1 nitrogen and oxygen atoms in total. The predicted octanol–water partition coefficient (Wildman–Crippen LogP) is 3.77. The second kappa shape index (κ2) is 6.14. The third-order valence-corrected chi connectivity index (χ3v) is 6.47. The number of benzene rings is 1. The van der Waals surface area contributed by atoms with E-state index in [9.17, 15) is 4.79 Å². The first-order chi connectivity index (χ1) is 8.37. The van der Waals surface area contributed by atoms with Crippen LogP contribution in [0, 0.1) is 5.41 Å². The molecule has 0 amide bonds. The van der Waals surface area contributed by atoms with Gasteiger partial charge in [0, 0.05) is 5.41 Å². The standard InChI is InChI=1S/C16H24OSi/c1-16(2,14-17)12-8-9-13-18(3,4)15-10-6-5-7-11-15/h5-11,14H,12-13H2,1-4H3/b9-8+. The van der Waals surface area contributed by atoms with Crippen molar-refractivity contribution in [1.29, 1.82) is 0 Å². The van der Waals surface area contributed by atoms with E-state index in [1.165, 1.54) is 5.19 Å². The molecule has 0 aliphatic rings. The second-order valence-electron chi connectivity index (χ2n) is 6.24. The molecule has 1 rings (SSSR count). The van der Waals surface area contributed by atoms with Crippen molar-refractivity contribution in [2.75, 3.05) is 0 Å². The Morgan fingerprint density at radius 2 is 1.72 bits per heavy atom. The number of allylic oxidation sites excluding steroid dienone is 2. The van der Waals surface area contributed by atoms with Crippen LogP contribution >= 0.6 is 0 Å². The van der Waals surface area contributed by atoms with Gasteiger partial charge in [-0.25, -0.2) is 0 Å².